The maximum Gasteiger partial charge on any atom is 0.111 e. The van der Waals surface area contributed by atoms with E-state index in [0.29, 0.717) is 0 Å². The average molecular weight is 111 g/mol. The molecule has 0 aliphatic carbocycles. The van der Waals surface area contributed by atoms with E-state index in [4.69, 9.17) is 11.1 Å². The quantitative estimate of drug-likeness (QED) is 0.442. The van der Waals surface area contributed by atoms with Crippen LogP contribution in [-0.4, -0.2) is 17.6 Å². The van der Waals surface area contributed by atoms with E-state index in [0.717, 1.165) is 19.4 Å². The van der Waals surface area contributed by atoms with E-state index in [-0.39, 0.29) is 6.04 Å². The van der Waals surface area contributed by atoms with Gasteiger partial charge in [0.05, 0.1) is 6.07 Å². The maximum atomic E-state index is 8.36. The zero-order chi connectivity index (χ0) is 5.98. The fraction of sp³-hybridized carbons (Fsp3) is 0.800. The van der Waals surface area contributed by atoms with Gasteiger partial charge in [-0.15, -0.1) is 0 Å². The van der Waals surface area contributed by atoms with Crippen LogP contribution < -0.4 is 5.84 Å². The Morgan fingerprint density at radius 1 is 1.75 bits per heavy atom. The van der Waals surface area contributed by atoms with Crippen molar-refractivity contribution in [2.75, 3.05) is 6.54 Å². The molecule has 1 rings (SSSR count). The summed E-state index contributed by atoms with van der Waals surface area (Å²) in [6.45, 7) is 0.873. The SMILES string of the molecule is N#CC1CCCN1N. The van der Waals surface area contributed by atoms with Crippen LogP contribution in [0, 0.1) is 11.3 Å². The predicted octanol–water partition coefficient (Wildman–Crippen LogP) is -0.152. The third-order valence-electron chi connectivity index (χ3n) is 1.44. The van der Waals surface area contributed by atoms with Crippen LogP contribution in [0.15, 0.2) is 0 Å². The Morgan fingerprint density at radius 3 is 2.75 bits per heavy atom. The van der Waals surface area contributed by atoms with Crippen molar-refractivity contribution in [1.29, 1.82) is 5.26 Å². The van der Waals surface area contributed by atoms with Gasteiger partial charge in [0.15, 0.2) is 0 Å². The lowest BCUT2D eigenvalue weighted by Gasteiger charge is -2.09. The van der Waals surface area contributed by atoms with E-state index in [2.05, 4.69) is 6.07 Å². The molecule has 1 aliphatic heterocycles. The molecule has 3 heteroatoms. The first-order chi connectivity index (χ1) is 3.84. The van der Waals surface area contributed by atoms with Gasteiger partial charge >= 0.3 is 0 Å². The van der Waals surface area contributed by atoms with Crippen molar-refractivity contribution in [3.63, 3.8) is 0 Å². The molecule has 0 aromatic carbocycles. The van der Waals surface area contributed by atoms with Crippen molar-refractivity contribution >= 4 is 0 Å². The summed E-state index contributed by atoms with van der Waals surface area (Å²) >= 11 is 0. The summed E-state index contributed by atoms with van der Waals surface area (Å²) in [5, 5.41) is 9.96. The first-order valence-electron chi connectivity index (χ1n) is 2.75. The maximum absolute atomic E-state index is 8.36. The highest BCUT2D eigenvalue weighted by molar-refractivity contribution is 4.93. The fourth-order valence-electron chi connectivity index (χ4n) is 0.928. The molecule has 0 bridgehead atoms. The molecule has 0 amide bonds. The molecule has 0 saturated carbocycles. The van der Waals surface area contributed by atoms with Gasteiger partial charge in [0, 0.05) is 6.54 Å². The third kappa shape index (κ3) is 0.808. The molecule has 44 valence electrons. The van der Waals surface area contributed by atoms with E-state index in [1.165, 1.54) is 0 Å². The summed E-state index contributed by atoms with van der Waals surface area (Å²) in [5.41, 5.74) is 0. The molecule has 2 N–H and O–H groups in total. The van der Waals surface area contributed by atoms with Gasteiger partial charge in [-0.1, -0.05) is 0 Å². The summed E-state index contributed by atoms with van der Waals surface area (Å²) in [6.07, 6.45) is 2.00. The van der Waals surface area contributed by atoms with Gasteiger partial charge < -0.3 is 0 Å². The standard InChI is InChI=1S/C5H9N3/c6-4-5-2-1-3-8(5)7/h5H,1-3,7H2. The lowest BCUT2D eigenvalue weighted by atomic mass is 10.2. The molecule has 3 nitrogen and oxygen atoms in total. The second kappa shape index (κ2) is 2.12. The van der Waals surface area contributed by atoms with Crippen molar-refractivity contribution < 1.29 is 0 Å². The largest absolute Gasteiger partial charge is 0.268 e. The van der Waals surface area contributed by atoms with Crippen molar-refractivity contribution in [2.24, 2.45) is 5.84 Å². The molecular formula is C5H9N3. The van der Waals surface area contributed by atoms with Crippen LogP contribution in [0.25, 0.3) is 0 Å². The summed E-state index contributed by atoms with van der Waals surface area (Å²) < 4.78 is 0. The van der Waals surface area contributed by atoms with Crippen LogP contribution >= 0.6 is 0 Å². The summed E-state index contributed by atoms with van der Waals surface area (Å²) in [5.74, 6) is 5.40. The number of rotatable bonds is 0. The minimum Gasteiger partial charge on any atom is -0.268 e. The molecule has 0 spiro atoms. The number of nitriles is 1. The predicted molar refractivity (Wildman–Crippen MR) is 29.5 cm³/mol. The lowest BCUT2D eigenvalue weighted by molar-refractivity contribution is 0.307. The van der Waals surface area contributed by atoms with Gasteiger partial charge in [-0.3, -0.25) is 5.84 Å². The molecule has 1 atom stereocenters. The Kier molecular flexibility index (Phi) is 1.47. The van der Waals surface area contributed by atoms with Crippen LogP contribution in [0.5, 0.6) is 0 Å². The number of hydrazine groups is 1. The fourth-order valence-corrected chi connectivity index (χ4v) is 0.928. The van der Waals surface area contributed by atoms with E-state index in [1.807, 2.05) is 0 Å². The van der Waals surface area contributed by atoms with Crippen LogP contribution in [0.1, 0.15) is 12.8 Å². The molecule has 0 radical (unpaired) electrons. The molecule has 1 aliphatic rings. The Balaban J connectivity index is 2.45. The number of nitrogens with two attached hydrogens (primary N) is 1. The summed E-state index contributed by atoms with van der Waals surface area (Å²) in [6, 6.07) is 2.10. The van der Waals surface area contributed by atoms with E-state index >= 15 is 0 Å². The Hall–Kier alpha value is -0.590. The highest BCUT2D eigenvalue weighted by atomic mass is 15.4. The Labute approximate surface area is 48.7 Å². The van der Waals surface area contributed by atoms with Gasteiger partial charge in [0.1, 0.15) is 6.04 Å². The summed E-state index contributed by atoms with van der Waals surface area (Å²) in [7, 11) is 0. The molecule has 1 saturated heterocycles. The summed E-state index contributed by atoms with van der Waals surface area (Å²) in [4.78, 5) is 0. The van der Waals surface area contributed by atoms with Crippen molar-refractivity contribution in [3.05, 3.63) is 0 Å². The first-order valence-corrected chi connectivity index (χ1v) is 2.75. The van der Waals surface area contributed by atoms with Gasteiger partial charge in [0.2, 0.25) is 0 Å². The van der Waals surface area contributed by atoms with Crippen molar-refractivity contribution in [2.45, 2.75) is 18.9 Å². The second-order valence-corrected chi connectivity index (χ2v) is 2.02. The molecule has 1 heterocycles. The molecule has 0 aromatic heterocycles. The molecule has 0 aromatic rings. The molecular weight excluding hydrogens is 102 g/mol. The highest BCUT2D eigenvalue weighted by Crippen LogP contribution is 2.10. The van der Waals surface area contributed by atoms with Crippen LogP contribution in [0.4, 0.5) is 0 Å². The topological polar surface area (TPSA) is 53.0 Å². The molecule has 1 fully saturated rings. The normalized spacial score (nSPS) is 30.2. The van der Waals surface area contributed by atoms with Gasteiger partial charge in [-0.2, -0.15) is 5.26 Å². The van der Waals surface area contributed by atoms with Crippen LogP contribution in [0.3, 0.4) is 0 Å². The third-order valence-corrected chi connectivity index (χ3v) is 1.44. The zero-order valence-electron chi connectivity index (χ0n) is 4.67. The van der Waals surface area contributed by atoms with Crippen molar-refractivity contribution in [3.8, 4) is 6.07 Å². The Morgan fingerprint density at radius 2 is 2.50 bits per heavy atom. The minimum absolute atomic E-state index is 0.0185. The first kappa shape index (κ1) is 5.54. The smallest absolute Gasteiger partial charge is 0.111 e. The number of hydrogen-bond acceptors (Lipinski definition) is 3. The molecule has 1 unspecified atom stereocenters. The van der Waals surface area contributed by atoms with Gasteiger partial charge in [-0.05, 0) is 12.8 Å². The van der Waals surface area contributed by atoms with Gasteiger partial charge in [0.25, 0.3) is 0 Å². The second-order valence-electron chi connectivity index (χ2n) is 2.02. The Bertz CT molecular complexity index is 115. The van der Waals surface area contributed by atoms with Crippen molar-refractivity contribution in [1.82, 2.24) is 5.01 Å². The molecule has 8 heavy (non-hydrogen) atoms. The number of hydrogen-bond donors (Lipinski definition) is 1. The van der Waals surface area contributed by atoms with Crippen LogP contribution in [0.2, 0.25) is 0 Å². The highest BCUT2D eigenvalue weighted by Gasteiger charge is 2.19. The monoisotopic (exact) mass is 111 g/mol. The zero-order valence-corrected chi connectivity index (χ0v) is 4.67. The van der Waals surface area contributed by atoms with E-state index in [1.54, 1.807) is 5.01 Å². The van der Waals surface area contributed by atoms with E-state index in [9.17, 15) is 0 Å². The minimum atomic E-state index is -0.0185. The number of nitrogens with zero attached hydrogens (tertiary/aromatic N) is 2. The average Bonchev–Trinajstić information content (AvgIpc) is 2.14. The van der Waals surface area contributed by atoms with Crippen LogP contribution in [-0.2, 0) is 0 Å². The van der Waals surface area contributed by atoms with E-state index < -0.39 is 0 Å². The lowest BCUT2D eigenvalue weighted by Crippen LogP contribution is -2.34. The van der Waals surface area contributed by atoms with Gasteiger partial charge in [-0.25, -0.2) is 5.01 Å².